The molecule has 1 N–H and O–H groups in total. The Balaban J connectivity index is 2.15. The molecule has 2 aromatic heterocycles. The van der Waals surface area contributed by atoms with Gasteiger partial charge in [-0.15, -0.1) is 0 Å². The minimum Gasteiger partial charge on any atom is -0.494 e. The zero-order valence-electron chi connectivity index (χ0n) is 13.1. The molecule has 1 unspecified atom stereocenters. The van der Waals surface area contributed by atoms with Gasteiger partial charge in [0.1, 0.15) is 11.4 Å². The fourth-order valence-corrected chi connectivity index (χ4v) is 2.66. The third-order valence-electron chi connectivity index (χ3n) is 3.64. The fraction of sp³-hybridized carbons (Fsp3) is 0.278. The summed E-state index contributed by atoms with van der Waals surface area (Å²) in [4.78, 5) is 4.68. The summed E-state index contributed by atoms with van der Waals surface area (Å²) >= 11 is 0. The van der Waals surface area contributed by atoms with Gasteiger partial charge in [0.2, 0.25) is 0 Å². The molecule has 0 fully saturated rings. The summed E-state index contributed by atoms with van der Waals surface area (Å²) in [6.45, 7) is 6.40. The molecular weight excluding hydrogens is 276 g/mol. The van der Waals surface area contributed by atoms with Gasteiger partial charge in [-0.1, -0.05) is 6.07 Å². The van der Waals surface area contributed by atoms with Gasteiger partial charge in [0, 0.05) is 11.8 Å². The number of aromatic nitrogens is 2. The lowest BCUT2D eigenvalue weighted by atomic mass is 10.1. The number of benzene rings is 1. The van der Waals surface area contributed by atoms with E-state index < -0.39 is 6.10 Å². The van der Waals surface area contributed by atoms with E-state index in [2.05, 4.69) is 4.98 Å². The lowest BCUT2D eigenvalue weighted by Gasteiger charge is -2.09. The van der Waals surface area contributed by atoms with Crippen LogP contribution in [-0.4, -0.2) is 21.1 Å². The smallest absolute Gasteiger partial charge is 0.137 e. The van der Waals surface area contributed by atoms with Crippen molar-refractivity contribution in [3.05, 3.63) is 53.9 Å². The lowest BCUT2D eigenvalue weighted by Crippen LogP contribution is -2.00. The van der Waals surface area contributed by atoms with Crippen molar-refractivity contribution in [3.8, 4) is 17.0 Å². The molecule has 0 spiro atoms. The first-order valence-electron chi connectivity index (χ1n) is 7.50. The second kappa shape index (κ2) is 5.81. The molecule has 0 saturated carbocycles. The minimum absolute atomic E-state index is 0.599. The Morgan fingerprint density at radius 1 is 1.18 bits per heavy atom. The van der Waals surface area contributed by atoms with Crippen molar-refractivity contribution >= 4 is 5.65 Å². The predicted octanol–water partition coefficient (Wildman–Crippen LogP) is 3.76. The van der Waals surface area contributed by atoms with E-state index in [4.69, 9.17) is 4.74 Å². The maximum Gasteiger partial charge on any atom is 0.137 e. The second-order valence-corrected chi connectivity index (χ2v) is 5.41. The van der Waals surface area contributed by atoms with Crippen LogP contribution in [0.5, 0.6) is 5.75 Å². The molecule has 0 aliphatic heterocycles. The van der Waals surface area contributed by atoms with E-state index in [-0.39, 0.29) is 0 Å². The number of hydrogen-bond acceptors (Lipinski definition) is 3. The number of pyridine rings is 1. The molecule has 2 heterocycles. The number of aliphatic hydroxyl groups excluding tert-OH is 1. The van der Waals surface area contributed by atoms with Crippen molar-refractivity contribution in [2.45, 2.75) is 26.9 Å². The first kappa shape index (κ1) is 14.6. The molecule has 0 aliphatic carbocycles. The highest BCUT2D eigenvalue weighted by Crippen LogP contribution is 2.30. The maximum absolute atomic E-state index is 10.2. The number of nitrogens with zero attached hydrogens (tertiary/aromatic N) is 2. The topological polar surface area (TPSA) is 46.8 Å². The van der Waals surface area contributed by atoms with Crippen LogP contribution in [0.15, 0.2) is 42.6 Å². The van der Waals surface area contributed by atoms with Crippen molar-refractivity contribution in [1.29, 1.82) is 0 Å². The van der Waals surface area contributed by atoms with Gasteiger partial charge in [-0.3, -0.25) is 0 Å². The van der Waals surface area contributed by atoms with Crippen LogP contribution in [0.25, 0.3) is 16.9 Å². The molecule has 114 valence electrons. The third-order valence-corrected chi connectivity index (χ3v) is 3.64. The molecule has 4 nitrogen and oxygen atoms in total. The Bertz CT molecular complexity index is 789. The number of aliphatic hydroxyl groups is 1. The number of ether oxygens (including phenoxy) is 1. The van der Waals surface area contributed by atoms with Crippen molar-refractivity contribution in [2.75, 3.05) is 6.61 Å². The van der Waals surface area contributed by atoms with Crippen molar-refractivity contribution in [3.63, 3.8) is 0 Å². The van der Waals surface area contributed by atoms with Gasteiger partial charge in [-0.2, -0.15) is 0 Å². The maximum atomic E-state index is 10.2. The number of rotatable bonds is 4. The lowest BCUT2D eigenvalue weighted by molar-refractivity contribution is 0.194. The van der Waals surface area contributed by atoms with E-state index in [1.807, 2.05) is 60.8 Å². The molecule has 0 aliphatic rings. The number of aryl methyl sites for hydroxylation is 1. The number of fused-ring (bicyclic) bond motifs is 1. The van der Waals surface area contributed by atoms with E-state index in [9.17, 15) is 5.11 Å². The van der Waals surface area contributed by atoms with Crippen LogP contribution < -0.4 is 4.74 Å². The van der Waals surface area contributed by atoms with Crippen LogP contribution in [0.1, 0.15) is 31.2 Å². The molecule has 22 heavy (non-hydrogen) atoms. The number of hydrogen-bond donors (Lipinski definition) is 1. The zero-order chi connectivity index (χ0) is 15.7. The predicted molar refractivity (Wildman–Crippen MR) is 87.2 cm³/mol. The Morgan fingerprint density at radius 2 is 1.91 bits per heavy atom. The SMILES string of the molecule is CCOc1ccc(-c2nc3ccc(C)cn3c2C(C)O)cc1. The van der Waals surface area contributed by atoms with Crippen LogP contribution in [0.2, 0.25) is 0 Å². The molecule has 0 radical (unpaired) electrons. The molecule has 3 rings (SSSR count). The fourth-order valence-electron chi connectivity index (χ4n) is 2.66. The summed E-state index contributed by atoms with van der Waals surface area (Å²) < 4.78 is 7.44. The van der Waals surface area contributed by atoms with Crippen LogP contribution in [-0.2, 0) is 0 Å². The Labute approximate surface area is 130 Å². The molecule has 1 atom stereocenters. The molecule has 4 heteroatoms. The molecular formula is C18H20N2O2. The standard InChI is InChI=1S/C18H20N2O2/c1-4-22-15-8-6-14(7-9-15)17-18(13(3)21)20-11-12(2)5-10-16(20)19-17/h5-11,13,21H,4H2,1-3H3. The third kappa shape index (κ3) is 2.57. The van der Waals surface area contributed by atoms with E-state index >= 15 is 0 Å². The molecule has 0 amide bonds. The quantitative estimate of drug-likeness (QED) is 0.797. The van der Waals surface area contributed by atoms with Crippen LogP contribution in [0.3, 0.4) is 0 Å². The van der Waals surface area contributed by atoms with Crippen molar-refractivity contribution in [1.82, 2.24) is 9.38 Å². The summed E-state index contributed by atoms with van der Waals surface area (Å²) in [5.74, 6) is 0.837. The first-order valence-corrected chi connectivity index (χ1v) is 7.50. The summed E-state index contributed by atoms with van der Waals surface area (Å²) in [6.07, 6.45) is 1.40. The number of imidazole rings is 1. The summed E-state index contributed by atoms with van der Waals surface area (Å²) in [5.41, 5.74) is 4.56. The van der Waals surface area contributed by atoms with E-state index in [1.165, 1.54) is 0 Å². The van der Waals surface area contributed by atoms with Gasteiger partial charge in [0.15, 0.2) is 0 Å². The molecule has 0 saturated heterocycles. The monoisotopic (exact) mass is 296 g/mol. The Morgan fingerprint density at radius 3 is 2.55 bits per heavy atom. The second-order valence-electron chi connectivity index (χ2n) is 5.41. The summed E-state index contributed by atoms with van der Waals surface area (Å²) in [5, 5.41) is 10.2. The van der Waals surface area contributed by atoms with E-state index in [0.717, 1.165) is 33.9 Å². The molecule has 1 aromatic carbocycles. The van der Waals surface area contributed by atoms with Gasteiger partial charge < -0.3 is 14.2 Å². The van der Waals surface area contributed by atoms with Gasteiger partial charge >= 0.3 is 0 Å². The van der Waals surface area contributed by atoms with Gasteiger partial charge in [0.05, 0.1) is 24.1 Å². The summed E-state index contributed by atoms with van der Waals surface area (Å²) in [7, 11) is 0. The average molecular weight is 296 g/mol. The summed E-state index contributed by atoms with van der Waals surface area (Å²) in [6, 6.07) is 11.8. The highest BCUT2D eigenvalue weighted by Gasteiger charge is 2.18. The van der Waals surface area contributed by atoms with Crippen molar-refractivity contribution in [2.24, 2.45) is 0 Å². The highest BCUT2D eigenvalue weighted by atomic mass is 16.5. The van der Waals surface area contributed by atoms with Crippen LogP contribution in [0, 0.1) is 6.92 Å². The minimum atomic E-state index is -0.599. The molecule has 3 aromatic rings. The van der Waals surface area contributed by atoms with E-state index in [1.54, 1.807) is 6.92 Å². The van der Waals surface area contributed by atoms with Crippen LogP contribution >= 0.6 is 0 Å². The average Bonchev–Trinajstić information content (AvgIpc) is 2.87. The van der Waals surface area contributed by atoms with Crippen LogP contribution in [0.4, 0.5) is 0 Å². The Kier molecular flexibility index (Phi) is 3.86. The molecule has 0 bridgehead atoms. The van der Waals surface area contributed by atoms with Gasteiger partial charge in [0.25, 0.3) is 0 Å². The van der Waals surface area contributed by atoms with E-state index in [0.29, 0.717) is 6.61 Å². The van der Waals surface area contributed by atoms with Gasteiger partial charge in [-0.05, 0) is 56.7 Å². The van der Waals surface area contributed by atoms with Gasteiger partial charge in [-0.25, -0.2) is 4.98 Å². The highest BCUT2D eigenvalue weighted by molar-refractivity contribution is 5.67. The Hall–Kier alpha value is -2.33. The zero-order valence-corrected chi connectivity index (χ0v) is 13.1. The largest absolute Gasteiger partial charge is 0.494 e. The first-order chi connectivity index (χ1) is 10.6. The van der Waals surface area contributed by atoms with Crippen molar-refractivity contribution < 1.29 is 9.84 Å². The normalized spacial score (nSPS) is 12.5.